The van der Waals surface area contributed by atoms with Gasteiger partial charge in [0, 0.05) is 0 Å². The Balaban J connectivity index is 2.24. The molecule has 1 fully saturated rings. The Morgan fingerprint density at radius 1 is 1.29 bits per heavy atom. The van der Waals surface area contributed by atoms with Crippen LogP contribution in [-0.4, -0.2) is 51.4 Å². The second-order valence-electron chi connectivity index (χ2n) is 5.44. The van der Waals surface area contributed by atoms with E-state index in [4.69, 9.17) is 17.3 Å². The second kappa shape index (κ2) is 6.87. The summed E-state index contributed by atoms with van der Waals surface area (Å²) in [6.07, 6.45) is -4.67. The highest BCUT2D eigenvalue weighted by Crippen LogP contribution is 2.34. The summed E-state index contributed by atoms with van der Waals surface area (Å²) >= 11 is 5.81. The van der Waals surface area contributed by atoms with Crippen LogP contribution in [0.25, 0.3) is 0 Å². The van der Waals surface area contributed by atoms with Crippen LogP contribution in [0.2, 0.25) is 5.02 Å². The predicted molar refractivity (Wildman–Crippen MR) is 80.0 cm³/mol. The summed E-state index contributed by atoms with van der Waals surface area (Å²) in [7, 11) is -4.16. The lowest BCUT2D eigenvalue weighted by Gasteiger charge is -2.31. The zero-order valence-corrected chi connectivity index (χ0v) is 14.0. The van der Waals surface area contributed by atoms with Crippen LogP contribution in [0.4, 0.5) is 13.2 Å². The lowest BCUT2D eigenvalue weighted by Crippen LogP contribution is -3.15. The fourth-order valence-electron chi connectivity index (χ4n) is 2.48. The Morgan fingerprint density at radius 2 is 1.88 bits per heavy atom. The van der Waals surface area contributed by atoms with Crippen LogP contribution in [0.1, 0.15) is 5.56 Å². The van der Waals surface area contributed by atoms with Crippen molar-refractivity contribution in [1.29, 1.82) is 0 Å². The highest BCUT2D eigenvalue weighted by Gasteiger charge is 2.36. The summed E-state index contributed by atoms with van der Waals surface area (Å²) in [6, 6.07) is 2.20. The van der Waals surface area contributed by atoms with Gasteiger partial charge in [-0.25, -0.2) is 8.42 Å². The minimum absolute atomic E-state index is 0.0670. The Morgan fingerprint density at radius 3 is 2.38 bits per heavy atom. The molecule has 0 saturated carbocycles. The van der Waals surface area contributed by atoms with Crippen molar-refractivity contribution in [1.82, 2.24) is 4.31 Å². The molecule has 0 spiro atoms. The maximum Gasteiger partial charge on any atom is 0.416 e. The van der Waals surface area contributed by atoms with Crippen LogP contribution < -0.4 is 10.6 Å². The average Bonchev–Trinajstić information content (AvgIpc) is 2.46. The van der Waals surface area contributed by atoms with Crippen molar-refractivity contribution in [2.45, 2.75) is 11.1 Å². The molecule has 0 unspecified atom stereocenters. The van der Waals surface area contributed by atoms with Gasteiger partial charge in [-0.05, 0) is 18.2 Å². The number of piperazine rings is 1. The lowest BCUT2D eigenvalue weighted by molar-refractivity contribution is -0.895. The van der Waals surface area contributed by atoms with Crippen LogP contribution in [0.15, 0.2) is 23.1 Å². The number of carbonyl (C=O) groups is 1. The lowest BCUT2D eigenvalue weighted by atomic mass is 10.2. The molecule has 134 valence electrons. The van der Waals surface area contributed by atoms with Gasteiger partial charge in [0.15, 0.2) is 6.54 Å². The third-order valence-corrected chi connectivity index (χ3v) is 6.11. The quantitative estimate of drug-likeness (QED) is 0.747. The Kier molecular flexibility index (Phi) is 5.43. The number of hydrogen-bond acceptors (Lipinski definition) is 3. The molecule has 11 heteroatoms. The van der Waals surface area contributed by atoms with Gasteiger partial charge in [0.2, 0.25) is 10.0 Å². The SMILES string of the molecule is NC(=O)C[NH+]1CCN(S(=O)(=O)c2cc(C(F)(F)F)ccc2Cl)CC1. The summed E-state index contributed by atoms with van der Waals surface area (Å²) < 4.78 is 64.7. The molecule has 1 aliphatic heterocycles. The average molecular weight is 387 g/mol. The van der Waals surface area contributed by atoms with E-state index >= 15 is 0 Å². The summed E-state index contributed by atoms with van der Waals surface area (Å²) in [5, 5.41) is -0.269. The molecular formula is C13H16ClF3N3O3S+. The normalized spacial score (nSPS) is 17.8. The first-order valence-corrected chi connectivity index (χ1v) is 8.82. The van der Waals surface area contributed by atoms with Gasteiger partial charge >= 0.3 is 6.18 Å². The number of carbonyl (C=O) groups excluding carboxylic acids is 1. The van der Waals surface area contributed by atoms with Gasteiger partial charge in [0.25, 0.3) is 5.91 Å². The highest BCUT2D eigenvalue weighted by molar-refractivity contribution is 7.89. The Bertz CT molecular complexity index is 732. The minimum Gasteiger partial charge on any atom is -0.365 e. The number of primary amides is 1. The van der Waals surface area contributed by atoms with E-state index in [9.17, 15) is 26.4 Å². The maximum absolute atomic E-state index is 12.8. The van der Waals surface area contributed by atoms with E-state index in [0.29, 0.717) is 19.2 Å². The highest BCUT2D eigenvalue weighted by atomic mass is 35.5. The van der Waals surface area contributed by atoms with Gasteiger partial charge in [-0.15, -0.1) is 0 Å². The fourth-order valence-corrected chi connectivity index (χ4v) is 4.42. The number of nitrogens with one attached hydrogen (secondary N) is 1. The number of nitrogens with zero attached hydrogens (tertiary/aromatic N) is 1. The predicted octanol–water partition coefficient (Wildman–Crippen LogP) is -0.267. The number of amides is 1. The van der Waals surface area contributed by atoms with Gasteiger partial charge in [0.1, 0.15) is 4.90 Å². The maximum atomic E-state index is 12.8. The third kappa shape index (κ3) is 4.18. The largest absolute Gasteiger partial charge is 0.416 e. The molecule has 24 heavy (non-hydrogen) atoms. The van der Waals surface area contributed by atoms with Crippen LogP contribution in [0, 0.1) is 0 Å². The molecule has 0 bridgehead atoms. The smallest absolute Gasteiger partial charge is 0.365 e. The zero-order chi connectivity index (χ0) is 18.1. The topological polar surface area (TPSA) is 84.9 Å². The van der Waals surface area contributed by atoms with E-state index < -0.39 is 32.6 Å². The summed E-state index contributed by atoms with van der Waals surface area (Å²) in [5.74, 6) is -0.498. The zero-order valence-electron chi connectivity index (χ0n) is 12.4. The van der Waals surface area contributed by atoms with Gasteiger partial charge < -0.3 is 10.6 Å². The fraction of sp³-hybridized carbons (Fsp3) is 0.462. The van der Waals surface area contributed by atoms with Gasteiger partial charge in [-0.1, -0.05) is 11.6 Å². The Hall–Kier alpha value is -1.36. The number of rotatable bonds is 4. The van der Waals surface area contributed by atoms with E-state index in [0.717, 1.165) is 21.3 Å². The number of benzene rings is 1. The van der Waals surface area contributed by atoms with Crippen molar-refractivity contribution < 1.29 is 31.3 Å². The van der Waals surface area contributed by atoms with Crippen molar-refractivity contribution in [3.05, 3.63) is 28.8 Å². The van der Waals surface area contributed by atoms with Crippen LogP contribution in [-0.2, 0) is 21.0 Å². The number of hydrogen-bond donors (Lipinski definition) is 2. The molecular weight excluding hydrogens is 371 g/mol. The molecule has 6 nitrogen and oxygen atoms in total. The summed E-state index contributed by atoms with van der Waals surface area (Å²) in [5.41, 5.74) is 4.02. The van der Waals surface area contributed by atoms with Crippen molar-refractivity contribution in [3.63, 3.8) is 0 Å². The molecule has 1 heterocycles. The van der Waals surface area contributed by atoms with Gasteiger partial charge in [0.05, 0.1) is 36.8 Å². The summed E-state index contributed by atoms with van der Waals surface area (Å²) in [6.45, 7) is 0.880. The molecule has 1 aromatic rings. The van der Waals surface area contributed by atoms with E-state index in [1.54, 1.807) is 0 Å². The van der Waals surface area contributed by atoms with E-state index in [-0.39, 0.29) is 24.7 Å². The van der Waals surface area contributed by atoms with Gasteiger partial charge in [-0.2, -0.15) is 17.5 Å². The molecule has 3 N–H and O–H groups in total. The molecule has 0 atom stereocenters. The van der Waals surface area contributed by atoms with E-state index in [1.165, 1.54) is 0 Å². The van der Waals surface area contributed by atoms with Crippen LogP contribution in [0.5, 0.6) is 0 Å². The molecule has 1 amide bonds. The molecule has 1 saturated heterocycles. The van der Waals surface area contributed by atoms with Crippen LogP contribution >= 0.6 is 11.6 Å². The van der Waals surface area contributed by atoms with E-state index in [2.05, 4.69) is 0 Å². The van der Waals surface area contributed by atoms with E-state index in [1.807, 2.05) is 0 Å². The van der Waals surface area contributed by atoms with Gasteiger partial charge in [-0.3, -0.25) is 4.79 Å². The molecule has 1 aromatic carbocycles. The standard InChI is InChI=1S/C13H15ClF3N3O3S/c14-10-2-1-9(13(15,16)17)7-11(10)24(22,23)20-5-3-19(4-6-20)8-12(18)21/h1-2,7H,3-6,8H2,(H2,18,21)/p+1. The Labute approximate surface area is 142 Å². The summed E-state index contributed by atoms with van der Waals surface area (Å²) in [4.78, 5) is 11.1. The number of halogens is 4. The van der Waals surface area contributed by atoms with Crippen molar-refractivity contribution in [2.24, 2.45) is 5.73 Å². The third-order valence-electron chi connectivity index (χ3n) is 3.73. The van der Waals surface area contributed by atoms with Crippen molar-refractivity contribution >= 4 is 27.5 Å². The minimum atomic E-state index is -4.67. The first-order chi connectivity index (χ1) is 11.0. The molecule has 1 aliphatic rings. The number of sulfonamides is 1. The number of alkyl halides is 3. The van der Waals surface area contributed by atoms with Crippen molar-refractivity contribution in [2.75, 3.05) is 32.7 Å². The van der Waals surface area contributed by atoms with Crippen LogP contribution in [0.3, 0.4) is 0 Å². The monoisotopic (exact) mass is 386 g/mol. The first kappa shape index (κ1) is 19.0. The first-order valence-electron chi connectivity index (χ1n) is 7.00. The number of quaternary nitrogens is 1. The molecule has 0 aliphatic carbocycles. The number of nitrogens with two attached hydrogens (primary N) is 1. The molecule has 0 radical (unpaired) electrons. The van der Waals surface area contributed by atoms with Crippen molar-refractivity contribution in [3.8, 4) is 0 Å². The molecule has 2 rings (SSSR count). The molecule has 0 aromatic heterocycles. The second-order valence-corrected chi connectivity index (χ2v) is 7.75.